The molecule has 0 aliphatic heterocycles. The number of nitrogens with one attached hydrogen (secondary N) is 1. The first-order chi connectivity index (χ1) is 11.1. The third-order valence-electron chi connectivity index (χ3n) is 3.72. The van der Waals surface area contributed by atoms with Gasteiger partial charge in [-0.05, 0) is 37.7 Å². The molecule has 136 valence electrons. The number of rotatable bonds is 9. The van der Waals surface area contributed by atoms with Gasteiger partial charge < -0.3 is 10.2 Å². The first-order valence-electron chi connectivity index (χ1n) is 8.09. The minimum atomic E-state index is -3.32. The van der Waals surface area contributed by atoms with Crippen LogP contribution < -0.4 is 5.32 Å². The fraction of sp³-hybridized carbons (Fsp3) is 0.588. The molecule has 7 heteroatoms. The zero-order chi connectivity index (χ0) is 18.3. The lowest BCUT2D eigenvalue weighted by atomic mass is 10.0. The van der Waals surface area contributed by atoms with Crippen LogP contribution in [0.3, 0.4) is 0 Å². The van der Waals surface area contributed by atoms with Crippen molar-refractivity contribution in [1.82, 2.24) is 9.21 Å². The SMILES string of the molecule is CC(C)c1ccc(NC(=O)CCN(CCN(C)C)S(C)(=O)=O)cc1. The first-order valence-corrected chi connectivity index (χ1v) is 9.94. The maximum Gasteiger partial charge on any atom is 0.225 e. The van der Waals surface area contributed by atoms with E-state index in [0.717, 1.165) is 5.69 Å². The van der Waals surface area contributed by atoms with Crippen LogP contribution in [0.15, 0.2) is 24.3 Å². The molecule has 0 saturated carbocycles. The van der Waals surface area contributed by atoms with Crippen LogP contribution in [0.4, 0.5) is 5.69 Å². The Labute approximate surface area is 145 Å². The summed E-state index contributed by atoms with van der Waals surface area (Å²) in [6, 6.07) is 7.71. The van der Waals surface area contributed by atoms with Gasteiger partial charge in [0, 0.05) is 31.7 Å². The molecule has 0 aliphatic rings. The van der Waals surface area contributed by atoms with Crippen molar-refractivity contribution < 1.29 is 13.2 Å². The summed E-state index contributed by atoms with van der Waals surface area (Å²) < 4.78 is 24.9. The van der Waals surface area contributed by atoms with Gasteiger partial charge in [0.2, 0.25) is 15.9 Å². The zero-order valence-electron chi connectivity index (χ0n) is 15.2. The van der Waals surface area contributed by atoms with Crippen LogP contribution in [-0.4, -0.2) is 63.5 Å². The fourth-order valence-electron chi connectivity index (χ4n) is 2.16. The molecule has 0 heterocycles. The highest BCUT2D eigenvalue weighted by Gasteiger charge is 2.17. The maximum atomic E-state index is 12.1. The van der Waals surface area contributed by atoms with Gasteiger partial charge in [-0.1, -0.05) is 26.0 Å². The fourth-order valence-corrected chi connectivity index (χ4v) is 2.99. The average molecular weight is 356 g/mol. The third kappa shape index (κ3) is 7.42. The standard InChI is InChI=1S/C17H29N3O3S/c1-14(2)15-6-8-16(9-7-15)18-17(21)10-11-20(24(5,22)23)13-12-19(3)4/h6-9,14H,10-13H2,1-5H3,(H,18,21). The summed E-state index contributed by atoms with van der Waals surface area (Å²) in [6.45, 7) is 5.40. The molecule has 1 N–H and O–H groups in total. The molecule has 1 aromatic rings. The van der Waals surface area contributed by atoms with Gasteiger partial charge in [0.1, 0.15) is 0 Å². The molecule has 1 aromatic carbocycles. The first kappa shape index (κ1) is 20.6. The average Bonchev–Trinajstić information content (AvgIpc) is 2.45. The molecule has 6 nitrogen and oxygen atoms in total. The molecule has 0 saturated heterocycles. The normalized spacial score (nSPS) is 12.2. The number of amides is 1. The van der Waals surface area contributed by atoms with E-state index < -0.39 is 10.0 Å². The molecule has 0 bridgehead atoms. The van der Waals surface area contributed by atoms with Crippen LogP contribution in [-0.2, 0) is 14.8 Å². The van der Waals surface area contributed by atoms with E-state index in [1.807, 2.05) is 43.3 Å². The molecular formula is C17H29N3O3S. The monoisotopic (exact) mass is 355 g/mol. The van der Waals surface area contributed by atoms with Gasteiger partial charge in [-0.2, -0.15) is 0 Å². The van der Waals surface area contributed by atoms with E-state index >= 15 is 0 Å². The van der Waals surface area contributed by atoms with E-state index in [1.165, 1.54) is 16.1 Å². The number of benzene rings is 1. The second-order valence-electron chi connectivity index (χ2n) is 6.54. The number of nitrogens with zero attached hydrogens (tertiary/aromatic N) is 2. The van der Waals surface area contributed by atoms with Gasteiger partial charge in [0.25, 0.3) is 0 Å². The van der Waals surface area contributed by atoms with E-state index in [4.69, 9.17) is 0 Å². The van der Waals surface area contributed by atoms with Crippen molar-refractivity contribution in [3.8, 4) is 0 Å². The van der Waals surface area contributed by atoms with Crippen LogP contribution in [0.25, 0.3) is 0 Å². The summed E-state index contributed by atoms with van der Waals surface area (Å²) in [5, 5.41) is 2.81. The Balaban J connectivity index is 2.56. The molecule has 0 aromatic heterocycles. The van der Waals surface area contributed by atoms with Gasteiger partial charge in [0.15, 0.2) is 0 Å². The quantitative estimate of drug-likeness (QED) is 0.735. The molecule has 0 fully saturated rings. The van der Waals surface area contributed by atoms with Crippen molar-refractivity contribution in [3.05, 3.63) is 29.8 Å². The zero-order valence-corrected chi connectivity index (χ0v) is 16.1. The molecule has 0 unspecified atom stereocenters. The van der Waals surface area contributed by atoms with Crippen molar-refractivity contribution in [2.75, 3.05) is 45.3 Å². The van der Waals surface area contributed by atoms with Gasteiger partial charge in [0.05, 0.1) is 6.26 Å². The van der Waals surface area contributed by atoms with Crippen molar-refractivity contribution >= 4 is 21.6 Å². The predicted octanol–water partition coefficient (Wildman–Crippen LogP) is 1.96. The maximum absolute atomic E-state index is 12.1. The number of carbonyl (C=O) groups excluding carboxylic acids is 1. The molecule has 0 spiro atoms. The Kier molecular flexibility index (Phi) is 7.86. The van der Waals surface area contributed by atoms with Crippen LogP contribution in [0.2, 0.25) is 0 Å². The Morgan fingerprint density at radius 3 is 2.12 bits per heavy atom. The number of likely N-dealkylation sites (N-methyl/N-ethyl adjacent to an activating group) is 1. The summed E-state index contributed by atoms with van der Waals surface area (Å²) in [7, 11) is 0.448. The number of hydrogen-bond donors (Lipinski definition) is 1. The minimum absolute atomic E-state index is 0.131. The predicted molar refractivity (Wildman–Crippen MR) is 98.7 cm³/mol. The van der Waals surface area contributed by atoms with Gasteiger partial charge in [-0.3, -0.25) is 4.79 Å². The Morgan fingerprint density at radius 2 is 1.67 bits per heavy atom. The van der Waals surface area contributed by atoms with Crippen molar-refractivity contribution in [3.63, 3.8) is 0 Å². The number of hydrogen-bond acceptors (Lipinski definition) is 4. The van der Waals surface area contributed by atoms with Gasteiger partial charge >= 0.3 is 0 Å². The van der Waals surface area contributed by atoms with E-state index in [0.29, 0.717) is 19.0 Å². The smallest absolute Gasteiger partial charge is 0.225 e. The lowest BCUT2D eigenvalue weighted by molar-refractivity contribution is -0.116. The summed E-state index contributed by atoms with van der Waals surface area (Å²) >= 11 is 0. The molecular weight excluding hydrogens is 326 g/mol. The van der Waals surface area contributed by atoms with Crippen molar-refractivity contribution in [2.45, 2.75) is 26.2 Å². The van der Waals surface area contributed by atoms with E-state index in [-0.39, 0.29) is 18.9 Å². The van der Waals surface area contributed by atoms with E-state index in [9.17, 15) is 13.2 Å². The lowest BCUT2D eigenvalue weighted by Crippen LogP contribution is -2.37. The van der Waals surface area contributed by atoms with Crippen LogP contribution >= 0.6 is 0 Å². The molecule has 24 heavy (non-hydrogen) atoms. The van der Waals surface area contributed by atoms with Gasteiger partial charge in [-0.15, -0.1) is 0 Å². The second-order valence-corrected chi connectivity index (χ2v) is 8.52. The highest BCUT2D eigenvalue weighted by Crippen LogP contribution is 2.17. The summed E-state index contributed by atoms with van der Waals surface area (Å²) in [4.78, 5) is 14.0. The van der Waals surface area contributed by atoms with Crippen LogP contribution in [0.5, 0.6) is 0 Å². The summed E-state index contributed by atoms with van der Waals surface area (Å²) in [5.41, 5.74) is 1.93. The molecule has 0 atom stereocenters. The van der Waals surface area contributed by atoms with E-state index in [2.05, 4.69) is 19.2 Å². The largest absolute Gasteiger partial charge is 0.326 e. The van der Waals surface area contributed by atoms with Crippen molar-refractivity contribution in [1.29, 1.82) is 0 Å². The van der Waals surface area contributed by atoms with Gasteiger partial charge in [-0.25, -0.2) is 12.7 Å². The highest BCUT2D eigenvalue weighted by molar-refractivity contribution is 7.88. The van der Waals surface area contributed by atoms with Crippen LogP contribution in [0, 0.1) is 0 Å². The topological polar surface area (TPSA) is 69.7 Å². The number of anilines is 1. The van der Waals surface area contributed by atoms with E-state index in [1.54, 1.807) is 0 Å². The highest BCUT2D eigenvalue weighted by atomic mass is 32.2. The molecule has 0 aliphatic carbocycles. The lowest BCUT2D eigenvalue weighted by Gasteiger charge is -2.21. The molecule has 1 amide bonds. The summed E-state index contributed by atoms with van der Waals surface area (Å²) in [6.07, 6.45) is 1.30. The Bertz CT molecular complexity index is 625. The minimum Gasteiger partial charge on any atom is -0.326 e. The summed E-state index contributed by atoms with van der Waals surface area (Å²) in [5.74, 6) is 0.251. The van der Waals surface area contributed by atoms with Crippen molar-refractivity contribution in [2.24, 2.45) is 0 Å². The Morgan fingerprint density at radius 1 is 1.08 bits per heavy atom. The van der Waals surface area contributed by atoms with Crippen LogP contribution in [0.1, 0.15) is 31.7 Å². The Hall–Kier alpha value is -1.44. The third-order valence-corrected chi connectivity index (χ3v) is 5.02. The molecule has 1 rings (SSSR count). The number of sulfonamides is 1. The second kappa shape index (κ2) is 9.15. The number of carbonyl (C=O) groups is 1. The molecule has 0 radical (unpaired) electrons.